The van der Waals surface area contributed by atoms with Gasteiger partial charge in [-0.25, -0.2) is 0 Å². The topological polar surface area (TPSA) is 68.5 Å². The summed E-state index contributed by atoms with van der Waals surface area (Å²) in [4.78, 5) is 17.9. The van der Waals surface area contributed by atoms with E-state index in [4.69, 9.17) is 10.5 Å². The SMILES string of the molecule is CN(Cc1cccnc1)C(=O)C1CCC(CN)O1. The number of carbonyl (C=O) groups excluding carboxylic acids is 1. The van der Waals surface area contributed by atoms with E-state index in [0.717, 1.165) is 18.4 Å². The number of carbonyl (C=O) groups is 1. The Balaban J connectivity index is 1.89. The van der Waals surface area contributed by atoms with Gasteiger partial charge in [-0.3, -0.25) is 9.78 Å². The lowest BCUT2D eigenvalue weighted by Crippen LogP contribution is -2.36. The van der Waals surface area contributed by atoms with E-state index in [-0.39, 0.29) is 18.1 Å². The molecule has 0 saturated carbocycles. The van der Waals surface area contributed by atoms with Gasteiger partial charge in [0, 0.05) is 32.5 Å². The highest BCUT2D eigenvalue weighted by atomic mass is 16.5. The van der Waals surface area contributed by atoms with Crippen LogP contribution in [-0.4, -0.2) is 41.6 Å². The van der Waals surface area contributed by atoms with Gasteiger partial charge < -0.3 is 15.4 Å². The molecule has 2 heterocycles. The Bertz CT molecular complexity index is 396. The molecular formula is C13H19N3O2. The van der Waals surface area contributed by atoms with Crippen molar-refractivity contribution in [3.8, 4) is 0 Å². The molecule has 5 heteroatoms. The van der Waals surface area contributed by atoms with Crippen LogP contribution in [0.15, 0.2) is 24.5 Å². The van der Waals surface area contributed by atoms with Gasteiger partial charge in [0.05, 0.1) is 6.10 Å². The van der Waals surface area contributed by atoms with Crippen molar-refractivity contribution in [2.24, 2.45) is 5.73 Å². The predicted molar refractivity (Wildman–Crippen MR) is 67.7 cm³/mol. The number of hydrogen-bond acceptors (Lipinski definition) is 4. The molecule has 1 aromatic rings. The zero-order valence-corrected chi connectivity index (χ0v) is 10.6. The summed E-state index contributed by atoms with van der Waals surface area (Å²) in [5, 5.41) is 0. The van der Waals surface area contributed by atoms with E-state index in [0.29, 0.717) is 13.1 Å². The zero-order valence-electron chi connectivity index (χ0n) is 10.6. The van der Waals surface area contributed by atoms with Crippen LogP contribution in [0.3, 0.4) is 0 Å². The van der Waals surface area contributed by atoms with Crippen molar-refractivity contribution < 1.29 is 9.53 Å². The van der Waals surface area contributed by atoms with Gasteiger partial charge in [-0.2, -0.15) is 0 Å². The molecule has 0 radical (unpaired) electrons. The minimum atomic E-state index is -0.333. The Kier molecular flexibility index (Phi) is 4.28. The standard InChI is InChI=1S/C13H19N3O2/c1-16(9-10-3-2-6-15-8-10)13(17)12-5-4-11(7-14)18-12/h2-3,6,8,11-12H,4-5,7,9,14H2,1H3. The summed E-state index contributed by atoms with van der Waals surface area (Å²) in [6, 6.07) is 3.82. The summed E-state index contributed by atoms with van der Waals surface area (Å²) >= 11 is 0. The molecule has 1 aromatic heterocycles. The molecule has 18 heavy (non-hydrogen) atoms. The summed E-state index contributed by atoms with van der Waals surface area (Å²) in [7, 11) is 1.79. The molecule has 1 fully saturated rings. The highest BCUT2D eigenvalue weighted by molar-refractivity contribution is 5.80. The van der Waals surface area contributed by atoms with Crippen molar-refractivity contribution in [2.45, 2.75) is 31.6 Å². The second kappa shape index (κ2) is 5.93. The van der Waals surface area contributed by atoms with Crippen LogP contribution in [0.2, 0.25) is 0 Å². The molecule has 0 spiro atoms. The number of rotatable bonds is 4. The first-order chi connectivity index (χ1) is 8.70. The van der Waals surface area contributed by atoms with Crippen molar-refractivity contribution >= 4 is 5.91 Å². The van der Waals surface area contributed by atoms with E-state index in [1.807, 2.05) is 12.1 Å². The van der Waals surface area contributed by atoms with Crippen molar-refractivity contribution in [2.75, 3.05) is 13.6 Å². The maximum atomic E-state index is 12.2. The Morgan fingerprint density at radius 1 is 1.61 bits per heavy atom. The lowest BCUT2D eigenvalue weighted by atomic mass is 10.1. The fourth-order valence-corrected chi connectivity index (χ4v) is 2.15. The van der Waals surface area contributed by atoms with Gasteiger partial charge in [0.2, 0.25) is 0 Å². The quantitative estimate of drug-likeness (QED) is 0.846. The molecule has 2 rings (SSSR count). The van der Waals surface area contributed by atoms with Gasteiger partial charge in [0.15, 0.2) is 0 Å². The number of pyridine rings is 1. The highest BCUT2D eigenvalue weighted by Gasteiger charge is 2.31. The first-order valence-electron chi connectivity index (χ1n) is 6.20. The van der Waals surface area contributed by atoms with Crippen molar-refractivity contribution in [3.05, 3.63) is 30.1 Å². The molecule has 0 aromatic carbocycles. The average Bonchev–Trinajstić information content (AvgIpc) is 2.87. The molecule has 2 unspecified atom stereocenters. The van der Waals surface area contributed by atoms with Gasteiger partial charge >= 0.3 is 0 Å². The molecule has 2 N–H and O–H groups in total. The summed E-state index contributed by atoms with van der Waals surface area (Å²) < 4.78 is 5.60. The molecular weight excluding hydrogens is 230 g/mol. The van der Waals surface area contributed by atoms with Crippen LogP contribution >= 0.6 is 0 Å². The fourth-order valence-electron chi connectivity index (χ4n) is 2.15. The fraction of sp³-hybridized carbons (Fsp3) is 0.538. The number of ether oxygens (including phenoxy) is 1. The third-order valence-electron chi connectivity index (χ3n) is 3.16. The summed E-state index contributed by atoms with van der Waals surface area (Å²) in [5.74, 6) is 0.0230. The van der Waals surface area contributed by atoms with Gasteiger partial charge in [-0.15, -0.1) is 0 Å². The summed E-state index contributed by atoms with van der Waals surface area (Å²) in [6.45, 7) is 1.04. The third kappa shape index (κ3) is 3.05. The van der Waals surface area contributed by atoms with E-state index < -0.39 is 0 Å². The van der Waals surface area contributed by atoms with Crippen LogP contribution in [0, 0.1) is 0 Å². The van der Waals surface area contributed by atoms with Crippen LogP contribution < -0.4 is 5.73 Å². The second-order valence-corrected chi connectivity index (χ2v) is 4.62. The van der Waals surface area contributed by atoms with E-state index in [2.05, 4.69) is 4.98 Å². The van der Waals surface area contributed by atoms with Gasteiger partial charge in [-0.1, -0.05) is 6.07 Å². The normalized spacial score (nSPS) is 23.0. The largest absolute Gasteiger partial charge is 0.364 e. The Labute approximate surface area is 107 Å². The number of hydrogen-bond donors (Lipinski definition) is 1. The average molecular weight is 249 g/mol. The molecule has 1 saturated heterocycles. The third-order valence-corrected chi connectivity index (χ3v) is 3.16. The van der Waals surface area contributed by atoms with Gasteiger partial charge in [-0.05, 0) is 24.5 Å². The highest BCUT2D eigenvalue weighted by Crippen LogP contribution is 2.20. The van der Waals surface area contributed by atoms with Crippen molar-refractivity contribution in [1.82, 2.24) is 9.88 Å². The molecule has 5 nitrogen and oxygen atoms in total. The van der Waals surface area contributed by atoms with Crippen LogP contribution in [0.25, 0.3) is 0 Å². The maximum absolute atomic E-state index is 12.2. The molecule has 1 aliphatic heterocycles. The van der Waals surface area contributed by atoms with E-state index in [9.17, 15) is 4.79 Å². The molecule has 2 atom stereocenters. The minimum absolute atomic E-state index is 0.0230. The van der Waals surface area contributed by atoms with E-state index in [1.54, 1.807) is 24.3 Å². The summed E-state index contributed by atoms with van der Waals surface area (Å²) in [6.07, 6.45) is 4.82. The van der Waals surface area contributed by atoms with E-state index >= 15 is 0 Å². The number of nitrogens with two attached hydrogens (primary N) is 1. The van der Waals surface area contributed by atoms with Crippen LogP contribution in [0.5, 0.6) is 0 Å². The first-order valence-corrected chi connectivity index (χ1v) is 6.20. The molecule has 1 aliphatic rings. The molecule has 0 aliphatic carbocycles. The first kappa shape index (κ1) is 13.0. The number of amides is 1. The van der Waals surface area contributed by atoms with Crippen LogP contribution in [0.1, 0.15) is 18.4 Å². The minimum Gasteiger partial charge on any atom is -0.364 e. The zero-order chi connectivity index (χ0) is 13.0. The van der Waals surface area contributed by atoms with Crippen molar-refractivity contribution in [1.29, 1.82) is 0 Å². The van der Waals surface area contributed by atoms with Gasteiger partial charge in [0.1, 0.15) is 6.10 Å². The van der Waals surface area contributed by atoms with Crippen LogP contribution in [0.4, 0.5) is 0 Å². The lowest BCUT2D eigenvalue weighted by Gasteiger charge is -2.21. The monoisotopic (exact) mass is 249 g/mol. The predicted octanol–water partition coefficient (Wildman–Crippen LogP) is 0.546. The molecule has 98 valence electrons. The number of aromatic nitrogens is 1. The van der Waals surface area contributed by atoms with Crippen molar-refractivity contribution in [3.63, 3.8) is 0 Å². The Hall–Kier alpha value is -1.46. The lowest BCUT2D eigenvalue weighted by molar-refractivity contribution is -0.141. The Morgan fingerprint density at radius 3 is 3.06 bits per heavy atom. The summed E-state index contributed by atoms with van der Waals surface area (Å²) in [5.41, 5.74) is 6.55. The maximum Gasteiger partial charge on any atom is 0.251 e. The number of nitrogens with zero attached hydrogens (tertiary/aromatic N) is 2. The second-order valence-electron chi connectivity index (χ2n) is 4.62. The Morgan fingerprint density at radius 2 is 2.44 bits per heavy atom. The number of likely N-dealkylation sites (N-methyl/N-ethyl adjacent to an activating group) is 1. The van der Waals surface area contributed by atoms with Crippen LogP contribution in [-0.2, 0) is 16.1 Å². The van der Waals surface area contributed by atoms with E-state index in [1.165, 1.54) is 0 Å². The smallest absolute Gasteiger partial charge is 0.251 e. The van der Waals surface area contributed by atoms with Gasteiger partial charge in [0.25, 0.3) is 5.91 Å². The molecule has 0 bridgehead atoms. The molecule has 1 amide bonds.